The quantitative estimate of drug-likeness (QED) is 0.703. The van der Waals surface area contributed by atoms with E-state index in [9.17, 15) is 0 Å². The zero-order valence-corrected chi connectivity index (χ0v) is 9.53. The summed E-state index contributed by atoms with van der Waals surface area (Å²) in [4.78, 5) is 0. The monoisotopic (exact) mass is 219 g/mol. The SMILES string of the molecule is CN(C)P(=S)(Cl)c1ccccc1. The number of hydrogen-bond donors (Lipinski definition) is 0. The largest absolute Gasteiger partial charge is 0.266 e. The first-order valence-corrected chi connectivity index (χ1v) is 7.24. The molecule has 4 heteroatoms. The molecule has 0 bridgehead atoms. The van der Waals surface area contributed by atoms with E-state index in [4.69, 9.17) is 23.0 Å². The van der Waals surface area contributed by atoms with Gasteiger partial charge in [-0.25, -0.2) is 0 Å². The number of nitrogens with zero attached hydrogens (tertiary/aromatic N) is 1. The average molecular weight is 220 g/mol. The summed E-state index contributed by atoms with van der Waals surface area (Å²) in [5.41, 5.74) is -1.98. The Morgan fingerprint density at radius 1 is 1.25 bits per heavy atom. The second-order valence-corrected chi connectivity index (χ2v) is 8.66. The van der Waals surface area contributed by atoms with Crippen LogP contribution in [0.15, 0.2) is 30.3 Å². The van der Waals surface area contributed by atoms with Crippen LogP contribution in [-0.4, -0.2) is 18.8 Å². The predicted octanol–water partition coefficient (Wildman–Crippen LogP) is 2.42. The Labute approximate surface area is 83.2 Å². The van der Waals surface area contributed by atoms with Crippen molar-refractivity contribution in [2.24, 2.45) is 0 Å². The van der Waals surface area contributed by atoms with Gasteiger partial charge in [0.05, 0.1) is 0 Å². The summed E-state index contributed by atoms with van der Waals surface area (Å²) < 4.78 is 1.92. The van der Waals surface area contributed by atoms with Crippen LogP contribution in [0.25, 0.3) is 0 Å². The maximum absolute atomic E-state index is 6.25. The van der Waals surface area contributed by atoms with Crippen LogP contribution in [0.1, 0.15) is 0 Å². The van der Waals surface area contributed by atoms with E-state index in [1.165, 1.54) is 0 Å². The van der Waals surface area contributed by atoms with E-state index in [2.05, 4.69) is 0 Å². The molecule has 0 aliphatic carbocycles. The fourth-order valence-electron chi connectivity index (χ4n) is 0.843. The van der Waals surface area contributed by atoms with Crippen LogP contribution < -0.4 is 5.30 Å². The van der Waals surface area contributed by atoms with Crippen molar-refractivity contribution in [3.8, 4) is 0 Å². The highest BCUT2D eigenvalue weighted by molar-refractivity contribution is 8.29. The molecule has 0 saturated heterocycles. The maximum Gasteiger partial charge on any atom is 0.126 e. The number of halogens is 1. The van der Waals surface area contributed by atoms with Crippen LogP contribution in [0.2, 0.25) is 0 Å². The van der Waals surface area contributed by atoms with Gasteiger partial charge < -0.3 is 0 Å². The Morgan fingerprint density at radius 3 is 2.17 bits per heavy atom. The zero-order chi connectivity index (χ0) is 9.19. The number of rotatable bonds is 2. The van der Waals surface area contributed by atoms with Gasteiger partial charge in [-0.05, 0) is 14.1 Å². The summed E-state index contributed by atoms with van der Waals surface area (Å²) in [5, 5.41) is 1.05. The third-order valence-electron chi connectivity index (χ3n) is 1.59. The smallest absolute Gasteiger partial charge is 0.126 e. The summed E-state index contributed by atoms with van der Waals surface area (Å²) in [6, 6.07) is 9.84. The fourth-order valence-corrected chi connectivity index (χ4v) is 2.55. The second kappa shape index (κ2) is 3.89. The molecule has 1 aromatic carbocycles. The molecule has 0 saturated carbocycles. The van der Waals surface area contributed by atoms with E-state index >= 15 is 0 Å². The third-order valence-corrected chi connectivity index (χ3v) is 6.66. The summed E-state index contributed by atoms with van der Waals surface area (Å²) in [6.45, 7) is 0. The summed E-state index contributed by atoms with van der Waals surface area (Å²) in [5.74, 6) is 0. The molecule has 1 atom stereocenters. The van der Waals surface area contributed by atoms with Crippen LogP contribution in [-0.2, 0) is 11.8 Å². The minimum atomic E-state index is -1.98. The summed E-state index contributed by atoms with van der Waals surface area (Å²) >= 11 is 11.6. The average Bonchev–Trinajstić information content (AvgIpc) is 2.06. The van der Waals surface area contributed by atoms with Crippen molar-refractivity contribution in [3.63, 3.8) is 0 Å². The van der Waals surface area contributed by atoms with Crippen LogP contribution in [0.4, 0.5) is 0 Å². The minimum Gasteiger partial charge on any atom is -0.266 e. The molecule has 12 heavy (non-hydrogen) atoms. The van der Waals surface area contributed by atoms with Gasteiger partial charge in [0.2, 0.25) is 0 Å². The molecule has 0 heterocycles. The molecule has 1 rings (SSSR count). The van der Waals surface area contributed by atoms with Crippen molar-refractivity contribution in [3.05, 3.63) is 30.3 Å². The highest BCUT2D eigenvalue weighted by Crippen LogP contribution is 2.51. The predicted molar refractivity (Wildman–Crippen MR) is 59.9 cm³/mol. The molecule has 0 spiro atoms. The molecular weight excluding hydrogens is 209 g/mol. The third kappa shape index (κ3) is 2.08. The minimum absolute atomic E-state index is 1.05. The topological polar surface area (TPSA) is 3.24 Å². The first kappa shape index (κ1) is 10.2. The standard InChI is InChI=1S/C8H11ClNPS/c1-10(2)11(9,12)8-6-4-3-5-7-8/h3-7H,1-2H3. The maximum atomic E-state index is 6.25. The lowest BCUT2D eigenvalue weighted by atomic mass is 10.4. The van der Waals surface area contributed by atoms with Crippen molar-refractivity contribution >= 4 is 33.9 Å². The van der Waals surface area contributed by atoms with E-state index < -0.39 is 5.54 Å². The zero-order valence-electron chi connectivity index (χ0n) is 7.07. The highest BCUT2D eigenvalue weighted by Gasteiger charge is 2.17. The Bertz CT molecular complexity index is 299. The van der Waals surface area contributed by atoms with E-state index in [1.807, 2.05) is 49.1 Å². The van der Waals surface area contributed by atoms with Gasteiger partial charge in [-0.2, -0.15) is 0 Å². The Morgan fingerprint density at radius 2 is 1.75 bits per heavy atom. The van der Waals surface area contributed by atoms with Crippen LogP contribution in [0.3, 0.4) is 0 Å². The van der Waals surface area contributed by atoms with Gasteiger partial charge in [0.1, 0.15) is 5.54 Å². The molecule has 0 amide bonds. The van der Waals surface area contributed by atoms with E-state index in [1.54, 1.807) is 0 Å². The van der Waals surface area contributed by atoms with Gasteiger partial charge in [-0.3, -0.25) is 4.67 Å². The molecule has 0 aliphatic heterocycles. The van der Waals surface area contributed by atoms with Crippen LogP contribution >= 0.6 is 16.8 Å². The molecular formula is C8H11ClNPS. The summed E-state index contributed by atoms with van der Waals surface area (Å²) in [6.07, 6.45) is 0. The second-order valence-electron chi connectivity index (χ2n) is 2.68. The van der Waals surface area contributed by atoms with Gasteiger partial charge in [-0.1, -0.05) is 53.4 Å². The van der Waals surface area contributed by atoms with Crippen LogP contribution in [0.5, 0.6) is 0 Å². The molecule has 0 N–H and O–H groups in total. The van der Waals surface area contributed by atoms with Crippen molar-refractivity contribution < 1.29 is 0 Å². The van der Waals surface area contributed by atoms with Gasteiger partial charge in [0.15, 0.2) is 0 Å². The fraction of sp³-hybridized carbons (Fsp3) is 0.250. The van der Waals surface area contributed by atoms with Crippen LogP contribution in [0, 0.1) is 0 Å². The lowest BCUT2D eigenvalue weighted by molar-refractivity contribution is 0.691. The Kier molecular flexibility index (Phi) is 3.30. The van der Waals surface area contributed by atoms with E-state index in [0.29, 0.717) is 0 Å². The first-order chi connectivity index (χ1) is 5.55. The Hall–Kier alpha value is 0.120. The van der Waals surface area contributed by atoms with Crippen molar-refractivity contribution in [2.45, 2.75) is 0 Å². The Balaban J connectivity index is 3.07. The molecule has 1 nitrogen and oxygen atoms in total. The molecule has 1 aromatic rings. The lowest BCUT2D eigenvalue weighted by Gasteiger charge is -2.21. The molecule has 0 radical (unpaired) electrons. The molecule has 0 fully saturated rings. The first-order valence-electron chi connectivity index (χ1n) is 3.58. The van der Waals surface area contributed by atoms with Crippen molar-refractivity contribution in [1.82, 2.24) is 4.67 Å². The van der Waals surface area contributed by atoms with E-state index in [-0.39, 0.29) is 0 Å². The number of benzene rings is 1. The van der Waals surface area contributed by atoms with E-state index in [0.717, 1.165) is 5.30 Å². The van der Waals surface area contributed by atoms with Gasteiger partial charge in [-0.15, -0.1) is 0 Å². The molecule has 0 aliphatic rings. The van der Waals surface area contributed by atoms with Gasteiger partial charge in [0.25, 0.3) is 0 Å². The molecule has 66 valence electrons. The van der Waals surface area contributed by atoms with Gasteiger partial charge >= 0.3 is 0 Å². The highest BCUT2D eigenvalue weighted by atomic mass is 35.7. The van der Waals surface area contributed by atoms with Crippen molar-refractivity contribution in [2.75, 3.05) is 14.1 Å². The number of hydrogen-bond acceptors (Lipinski definition) is 1. The summed E-state index contributed by atoms with van der Waals surface area (Å²) in [7, 11) is 3.83. The molecule has 0 aromatic heterocycles. The van der Waals surface area contributed by atoms with Gasteiger partial charge in [0, 0.05) is 5.30 Å². The van der Waals surface area contributed by atoms with Crippen molar-refractivity contribution in [1.29, 1.82) is 0 Å². The molecule has 1 unspecified atom stereocenters. The normalized spacial score (nSPS) is 16.0. The lowest BCUT2D eigenvalue weighted by Crippen LogP contribution is -2.13.